The molecule has 1 saturated heterocycles. The molecule has 0 radical (unpaired) electrons. The molecular weight excluding hydrogens is 620 g/mol. The number of rotatable bonds is 10. The van der Waals surface area contributed by atoms with Gasteiger partial charge in [0.05, 0.1) is 24.0 Å². The van der Waals surface area contributed by atoms with E-state index in [2.05, 4.69) is 33.2 Å². The molecule has 0 aromatic heterocycles. The third-order valence-corrected chi connectivity index (χ3v) is 7.15. The molecular formula is C28H27FIN3O6. The van der Waals surface area contributed by atoms with Crippen molar-refractivity contribution in [3.63, 3.8) is 0 Å². The average molecular weight is 647 g/mol. The van der Waals surface area contributed by atoms with Crippen LogP contribution in [-0.2, 0) is 11.2 Å². The summed E-state index contributed by atoms with van der Waals surface area (Å²) >= 11 is 2.12. The minimum Gasteiger partial charge on any atom is -0.495 e. The third-order valence-electron chi connectivity index (χ3n) is 6.21. The maximum Gasteiger partial charge on any atom is 0.371 e. The van der Waals surface area contributed by atoms with E-state index in [1.165, 1.54) is 36.3 Å². The number of ether oxygens (including phenoxy) is 2. The van der Waals surface area contributed by atoms with Crippen LogP contribution in [0, 0.1) is 3.57 Å². The zero-order chi connectivity index (χ0) is 28.0. The minimum absolute atomic E-state index is 0.0206. The number of anilines is 2. The lowest BCUT2D eigenvalue weighted by Crippen LogP contribution is -2.55. The summed E-state index contributed by atoms with van der Waals surface area (Å²) in [6.07, 6.45) is 1.14. The molecule has 39 heavy (non-hydrogen) atoms. The van der Waals surface area contributed by atoms with Crippen LogP contribution in [0.5, 0.6) is 11.5 Å². The third kappa shape index (κ3) is 6.84. The quantitative estimate of drug-likeness (QED) is 0.195. The molecule has 0 saturated carbocycles. The fourth-order valence-electron chi connectivity index (χ4n) is 4.21. The van der Waals surface area contributed by atoms with Crippen LogP contribution in [0.25, 0.3) is 0 Å². The second-order valence-corrected chi connectivity index (χ2v) is 10.0. The number of alkyl halides is 1. The standard InChI is InChI=1S/C28H27FIN3O6/c1-38-24-16-18(8-13-23(24)32-27(37)31-22-7-3-2-6-21(22)30)17-25(34)28(29,33-14-4-5-15-33)39-20-11-9-19(10-12-20)26(35)36/h2-3,6-13,16H,4-5,14-15,17H2,1H3,(H,35,36)(H2,31,32,37). The van der Waals surface area contributed by atoms with Gasteiger partial charge in [-0.2, -0.15) is 4.39 Å². The van der Waals surface area contributed by atoms with E-state index in [0.717, 1.165) is 16.4 Å². The number of likely N-dealkylation sites (tertiary alicyclic amines) is 1. The Morgan fingerprint density at radius 1 is 1.00 bits per heavy atom. The van der Waals surface area contributed by atoms with Gasteiger partial charge in [0.1, 0.15) is 11.5 Å². The van der Waals surface area contributed by atoms with E-state index in [9.17, 15) is 14.4 Å². The first kappa shape index (κ1) is 28.3. The van der Waals surface area contributed by atoms with E-state index in [-0.39, 0.29) is 17.7 Å². The number of nitrogens with zero attached hydrogens (tertiary/aromatic N) is 1. The highest BCUT2D eigenvalue weighted by molar-refractivity contribution is 14.1. The molecule has 1 atom stereocenters. The van der Waals surface area contributed by atoms with Crippen molar-refractivity contribution in [1.82, 2.24) is 4.90 Å². The lowest BCUT2D eigenvalue weighted by molar-refractivity contribution is -0.191. The molecule has 0 aliphatic carbocycles. The number of aromatic carboxylic acids is 1. The first-order valence-electron chi connectivity index (χ1n) is 12.2. The molecule has 4 rings (SSSR count). The maximum atomic E-state index is 16.3. The SMILES string of the molecule is COc1cc(CC(=O)C(F)(Oc2ccc(C(=O)O)cc2)N2CCCC2)ccc1NC(=O)Nc1ccccc1I. The number of carbonyl (C=O) groups excluding carboxylic acids is 2. The van der Waals surface area contributed by atoms with Crippen LogP contribution in [0.2, 0.25) is 0 Å². The van der Waals surface area contributed by atoms with Gasteiger partial charge in [-0.15, -0.1) is 0 Å². The molecule has 1 heterocycles. The molecule has 1 aliphatic rings. The summed E-state index contributed by atoms with van der Waals surface area (Å²) in [6, 6.07) is 16.8. The Bertz CT molecular complexity index is 1360. The Hall–Kier alpha value is -3.71. The number of para-hydroxylation sites is 1. The number of Topliss-reactive ketones (excluding diaryl/α,β-unsaturated/α-hetero) is 1. The molecule has 3 aromatic carbocycles. The predicted octanol–water partition coefficient (Wildman–Crippen LogP) is 5.55. The summed E-state index contributed by atoms with van der Waals surface area (Å²) in [5.41, 5.74) is 1.51. The van der Waals surface area contributed by atoms with Gasteiger partial charge in [-0.25, -0.2) is 14.5 Å². The van der Waals surface area contributed by atoms with Crippen molar-refractivity contribution in [1.29, 1.82) is 0 Å². The van der Waals surface area contributed by atoms with Gasteiger partial charge in [-0.05, 0) is 89.5 Å². The highest BCUT2D eigenvalue weighted by Gasteiger charge is 2.48. The molecule has 1 fully saturated rings. The van der Waals surface area contributed by atoms with Crippen molar-refractivity contribution in [3.8, 4) is 11.5 Å². The van der Waals surface area contributed by atoms with Gasteiger partial charge in [-0.1, -0.05) is 18.2 Å². The average Bonchev–Trinajstić information content (AvgIpc) is 3.47. The molecule has 11 heteroatoms. The summed E-state index contributed by atoms with van der Waals surface area (Å²) in [5, 5.41) is 14.6. The van der Waals surface area contributed by atoms with Crippen molar-refractivity contribution in [2.75, 3.05) is 30.8 Å². The van der Waals surface area contributed by atoms with Gasteiger partial charge < -0.3 is 25.2 Å². The topological polar surface area (TPSA) is 117 Å². The zero-order valence-electron chi connectivity index (χ0n) is 21.1. The van der Waals surface area contributed by atoms with Crippen molar-refractivity contribution in [2.24, 2.45) is 0 Å². The van der Waals surface area contributed by atoms with Gasteiger partial charge in [0.15, 0.2) is 0 Å². The molecule has 3 N–H and O–H groups in total. The highest BCUT2D eigenvalue weighted by atomic mass is 127. The van der Waals surface area contributed by atoms with Gasteiger partial charge >= 0.3 is 18.0 Å². The number of hydrogen-bond donors (Lipinski definition) is 3. The molecule has 2 amide bonds. The number of carboxylic acids is 1. The number of halogens is 2. The van der Waals surface area contributed by atoms with Crippen LogP contribution >= 0.6 is 22.6 Å². The van der Waals surface area contributed by atoms with Gasteiger partial charge in [0, 0.05) is 23.1 Å². The number of carboxylic acid groups (broad SMARTS) is 1. The number of methoxy groups -OCH3 is 1. The Balaban J connectivity index is 1.50. The van der Waals surface area contributed by atoms with Gasteiger partial charge in [0.25, 0.3) is 0 Å². The predicted molar refractivity (Wildman–Crippen MR) is 152 cm³/mol. The Morgan fingerprint density at radius 2 is 1.67 bits per heavy atom. The minimum atomic E-state index is -2.74. The second kappa shape index (κ2) is 12.4. The fraction of sp³-hybridized carbons (Fsp3) is 0.250. The lowest BCUT2D eigenvalue weighted by atomic mass is 10.1. The van der Waals surface area contributed by atoms with E-state index < -0.39 is 23.8 Å². The number of carbonyl (C=O) groups is 3. The van der Waals surface area contributed by atoms with Crippen LogP contribution in [0.3, 0.4) is 0 Å². The van der Waals surface area contributed by atoms with E-state index in [0.29, 0.717) is 35.8 Å². The Labute approximate surface area is 238 Å². The van der Waals surface area contributed by atoms with E-state index >= 15 is 4.39 Å². The zero-order valence-corrected chi connectivity index (χ0v) is 23.2. The van der Waals surface area contributed by atoms with E-state index in [1.807, 2.05) is 18.2 Å². The molecule has 204 valence electrons. The number of benzene rings is 3. The Morgan fingerprint density at radius 3 is 2.31 bits per heavy atom. The molecule has 0 spiro atoms. The van der Waals surface area contributed by atoms with E-state index in [1.54, 1.807) is 24.3 Å². The number of ketones is 1. The summed E-state index contributed by atoms with van der Waals surface area (Å²) in [5.74, 6) is -4.33. The fourth-order valence-corrected chi connectivity index (χ4v) is 4.73. The van der Waals surface area contributed by atoms with Gasteiger partial charge in [-0.3, -0.25) is 4.79 Å². The van der Waals surface area contributed by atoms with Crippen LogP contribution in [-0.4, -0.2) is 54.0 Å². The molecule has 1 unspecified atom stereocenters. The van der Waals surface area contributed by atoms with Gasteiger partial charge in [0.2, 0.25) is 5.78 Å². The van der Waals surface area contributed by atoms with E-state index in [4.69, 9.17) is 14.6 Å². The normalized spacial score (nSPS) is 14.7. The summed E-state index contributed by atoms with van der Waals surface area (Å²) in [6.45, 7) is 0.689. The van der Waals surface area contributed by atoms with Crippen LogP contribution in [0.1, 0.15) is 28.8 Å². The summed E-state index contributed by atoms with van der Waals surface area (Å²) in [7, 11) is 1.43. The van der Waals surface area contributed by atoms with Crippen LogP contribution in [0.4, 0.5) is 20.6 Å². The summed E-state index contributed by atoms with van der Waals surface area (Å²) in [4.78, 5) is 38.4. The lowest BCUT2D eigenvalue weighted by Gasteiger charge is -2.33. The second-order valence-electron chi connectivity index (χ2n) is 8.88. The monoisotopic (exact) mass is 647 g/mol. The largest absolute Gasteiger partial charge is 0.495 e. The van der Waals surface area contributed by atoms with Crippen molar-refractivity contribution >= 4 is 51.7 Å². The smallest absolute Gasteiger partial charge is 0.371 e. The molecule has 3 aromatic rings. The molecule has 1 aliphatic heterocycles. The molecule has 9 nitrogen and oxygen atoms in total. The summed E-state index contributed by atoms with van der Waals surface area (Å²) < 4.78 is 28.2. The van der Waals surface area contributed by atoms with Crippen LogP contribution in [0.15, 0.2) is 66.7 Å². The van der Waals surface area contributed by atoms with Crippen molar-refractivity contribution < 1.29 is 33.4 Å². The maximum absolute atomic E-state index is 16.3. The number of hydrogen-bond acceptors (Lipinski definition) is 6. The first-order valence-corrected chi connectivity index (χ1v) is 13.3. The Kier molecular flexibility index (Phi) is 9.02. The van der Waals surface area contributed by atoms with Crippen LogP contribution < -0.4 is 20.1 Å². The number of urea groups is 1. The van der Waals surface area contributed by atoms with Crippen molar-refractivity contribution in [3.05, 3.63) is 81.4 Å². The highest BCUT2D eigenvalue weighted by Crippen LogP contribution is 2.32. The number of nitrogens with one attached hydrogen (secondary N) is 2. The van der Waals surface area contributed by atoms with Crippen molar-refractivity contribution in [2.45, 2.75) is 25.2 Å². The molecule has 0 bridgehead atoms. The first-order chi connectivity index (χ1) is 18.7. The number of amides is 2.